The minimum atomic E-state index is -4.15. The smallest absolute Gasteiger partial charge is 0.268 e. The highest BCUT2D eigenvalue weighted by Gasteiger charge is 2.23. The third-order valence-electron chi connectivity index (χ3n) is 3.94. The molecule has 0 saturated heterocycles. The number of aryl methyl sites for hydroxylation is 1. The van der Waals surface area contributed by atoms with Crippen molar-refractivity contribution in [2.75, 3.05) is 0 Å². The Kier molecular flexibility index (Phi) is 4.43. The number of benzene rings is 3. The molecule has 0 radical (unpaired) electrons. The van der Waals surface area contributed by atoms with Crippen molar-refractivity contribution in [2.45, 2.75) is 11.8 Å². The lowest BCUT2D eigenvalue weighted by Gasteiger charge is -2.11. The van der Waals surface area contributed by atoms with Gasteiger partial charge in [0, 0.05) is 17.5 Å². The molecule has 3 aromatic carbocycles. The molecule has 0 atom stereocenters. The first-order valence-electron chi connectivity index (χ1n) is 7.59. The number of fused-ring (bicyclic) bond motifs is 1. The Morgan fingerprint density at radius 3 is 2.46 bits per heavy atom. The summed E-state index contributed by atoms with van der Waals surface area (Å²) in [6.07, 6.45) is 0. The summed E-state index contributed by atoms with van der Waals surface area (Å²) in [7, 11) is -4.15. The topological polar surface area (TPSA) is 106 Å². The number of carbonyl (C=O) groups excluding carboxylic acids is 1. The zero-order valence-electron chi connectivity index (χ0n) is 13.7. The van der Waals surface area contributed by atoms with Gasteiger partial charge in [-0.05, 0) is 23.9 Å². The Hall–Kier alpha value is -3.26. The number of nitrogens with one attached hydrogen (secondary N) is 1. The number of nitro benzene ring substituents is 1. The Morgan fingerprint density at radius 2 is 1.73 bits per heavy atom. The van der Waals surface area contributed by atoms with Crippen LogP contribution >= 0.6 is 0 Å². The van der Waals surface area contributed by atoms with Crippen LogP contribution in [0, 0.1) is 17.0 Å². The van der Waals surface area contributed by atoms with Gasteiger partial charge in [-0.15, -0.1) is 0 Å². The Labute approximate surface area is 149 Å². The molecule has 0 heterocycles. The molecule has 7 nitrogen and oxygen atoms in total. The number of carbonyl (C=O) groups is 1. The fourth-order valence-electron chi connectivity index (χ4n) is 2.63. The van der Waals surface area contributed by atoms with E-state index in [4.69, 9.17) is 0 Å². The second kappa shape index (κ2) is 6.57. The molecule has 0 aliphatic carbocycles. The molecule has 0 aliphatic heterocycles. The second-order valence-corrected chi connectivity index (χ2v) is 7.32. The van der Waals surface area contributed by atoms with Crippen LogP contribution in [0.15, 0.2) is 65.6 Å². The average molecular weight is 370 g/mol. The molecule has 0 spiro atoms. The van der Waals surface area contributed by atoms with Crippen LogP contribution in [0.4, 0.5) is 5.69 Å². The molecule has 8 heteroatoms. The lowest BCUT2D eigenvalue weighted by Crippen LogP contribution is -2.31. The van der Waals surface area contributed by atoms with Crippen LogP contribution in [-0.4, -0.2) is 19.2 Å². The molecule has 0 saturated carbocycles. The van der Waals surface area contributed by atoms with Crippen LogP contribution in [0.3, 0.4) is 0 Å². The van der Waals surface area contributed by atoms with E-state index in [0.717, 1.165) is 6.07 Å². The summed E-state index contributed by atoms with van der Waals surface area (Å²) in [6, 6.07) is 15.4. The van der Waals surface area contributed by atoms with E-state index in [-0.39, 0.29) is 16.1 Å². The predicted molar refractivity (Wildman–Crippen MR) is 96.4 cm³/mol. The molecule has 0 bridgehead atoms. The van der Waals surface area contributed by atoms with Gasteiger partial charge in [0.15, 0.2) is 0 Å². The van der Waals surface area contributed by atoms with Gasteiger partial charge in [0.2, 0.25) is 0 Å². The van der Waals surface area contributed by atoms with Crippen molar-refractivity contribution in [3.05, 3.63) is 81.9 Å². The van der Waals surface area contributed by atoms with Crippen molar-refractivity contribution in [3.63, 3.8) is 0 Å². The molecule has 1 amide bonds. The maximum Gasteiger partial charge on any atom is 0.270 e. The van der Waals surface area contributed by atoms with E-state index in [0.29, 0.717) is 16.3 Å². The van der Waals surface area contributed by atoms with Gasteiger partial charge in [0.25, 0.3) is 21.6 Å². The minimum Gasteiger partial charge on any atom is -0.268 e. The van der Waals surface area contributed by atoms with Crippen molar-refractivity contribution in [2.24, 2.45) is 0 Å². The van der Waals surface area contributed by atoms with Crippen LogP contribution in [0.25, 0.3) is 10.8 Å². The molecule has 0 unspecified atom stereocenters. The van der Waals surface area contributed by atoms with Crippen LogP contribution in [0.1, 0.15) is 15.9 Å². The minimum absolute atomic E-state index is 0.0352. The Bertz CT molecular complexity index is 1130. The summed E-state index contributed by atoms with van der Waals surface area (Å²) in [5.41, 5.74) is 0.0764. The van der Waals surface area contributed by atoms with Crippen molar-refractivity contribution >= 4 is 32.4 Å². The summed E-state index contributed by atoms with van der Waals surface area (Å²) in [5, 5.41) is 12.1. The number of amides is 1. The highest BCUT2D eigenvalue weighted by molar-refractivity contribution is 7.90. The number of hydrogen-bond donors (Lipinski definition) is 1. The van der Waals surface area contributed by atoms with Gasteiger partial charge in [-0.2, -0.15) is 0 Å². The van der Waals surface area contributed by atoms with Gasteiger partial charge in [0.1, 0.15) is 0 Å². The third kappa shape index (κ3) is 3.27. The molecule has 3 aromatic rings. The maximum absolute atomic E-state index is 12.7. The molecular weight excluding hydrogens is 356 g/mol. The van der Waals surface area contributed by atoms with E-state index in [2.05, 4.69) is 0 Å². The normalized spacial score (nSPS) is 11.3. The zero-order chi connectivity index (χ0) is 18.9. The zero-order valence-corrected chi connectivity index (χ0v) is 14.5. The average Bonchev–Trinajstić information content (AvgIpc) is 2.60. The van der Waals surface area contributed by atoms with E-state index in [1.165, 1.54) is 18.2 Å². The van der Waals surface area contributed by atoms with Crippen LogP contribution in [0.5, 0.6) is 0 Å². The highest BCUT2D eigenvalue weighted by Crippen LogP contribution is 2.23. The van der Waals surface area contributed by atoms with Gasteiger partial charge in [0.05, 0.1) is 15.4 Å². The van der Waals surface area contributed by atoms with E-state index in [9.17, 15) is 23.3 Å². The van der Waals surface area contributed by atoms with Crippen LogP contribution in [-0.2, 0) is 10.0 Å². The van der Waals surface area contributed by atoms with Gasteiger partial charge in [-0.1, -0.05) is 42.5 Å². The molecule has 26 heavy (non-hydrogen) atoms. The quantitative estimate of drug-likeness (QED) is 0.561. The monoisotopic (exact) mass is 370 g/mol. The number of sulfonamides is 1. The molecule has 0 fully saturated rings. The van der Waals surface area contributed by atoms with Crippen LogP contribution in [0.2, 0.25) is 0 Å². The number of nitro groups is 1. The number of rotatable bonds is 4. The number of nitrogens with zero attached hydrogens (tertiary/aromatic N) is 1. The van der Waals surface area contributed by atoms with E-state index in [1.807, 2.05) is 4.72 Å². The highest BCUT2D eigenvalue weighted by atomic mass is 32.2. The first kappa shape index (κ1) is 17.6. The molecule has 132 valence electrons. The first-order valence-corrected chi connectivity index (χ1v) is 9.08. The van der Waals surface area contributed by atoms with Crippen molar-refractivity contribution in [1.29, 1.82) is 0 Å². The summed E-state index contributed by atoms with van der Waals surface area (Å²) in [5.74, 6) is -0.917. The molecule has 0 aliphatic rings. The summed E-state index contributed by atoms with van der Waals surface area (Å²) in [4.78, 5) is 22.7. The summed E-state index contributed by atoms with van der Waals surface area (Å²) >= 11 is 0. The molecule has 3 rings (SSSR count). The lowest BCUT2D eigenvalue weighted by atomic mass is 10.1. The third-order valence-corrected chi connectivity index (χ3v) is 5.33. The van der Waals surface area contributed by atoms with Crippen molar-refractivity contribution in [1.82, 2.24) is 4.72 Å². The maximum atomic E-state index is 12.7. The largest absolute Gasteiger partial charge is 0.270 e. The van der Waals surface area contributed by atoms with Crippen molar-refractivity contribution < 1.29 is 18.1 Å². The summed E-state index contributed by atoms with van der Waals surface area (Å²) in [6.45, 7) is 1.57. The predicted octanol–water partition coefficient (Wildman–Crippen LogP) is 3.18. The van der Waals surface area contributed by atoms with Gasteiger partial charge in [-0.25, -0.2) is 13.1 Å². The van der Waals surface area contributed by atoms with Crippen LogP contribution < -0.4 is 4.72 Å². The second-order valence-electron chi connectivity index (χ2n) is 5.67. The van der Waals surface area contributed by atoms with Gasteiger partial charge in [-0.3, -0.25) is 14.9 Å². The lowest BCUT2D eigenvalue weighted by molar-refractivity contribution is -0.384. The SMILES string of the molecule is Cc1ccc([N+](=O)[O-])cc1C(=O)NS(=O)(=O)c1cccc2ccccc12. The molecular formula is C18H14N2O5S. The van der Waals surface area contributed by atoms with Crippen molar-refractivity contribution in [3.8, 4) is 0 Å². The first-order chi connectivity index (χ1) is 12.3. The molecule has 0 aromatic heterocycles. The fourth-order valence-corrected chi connectivity index (χ4v) is 3.83. The summed E-state index contributed by atoms with van der Waals surface area (Å²) < 4.78 is 27.4. The van der Waals surface area contributed by atoms with Gasteiger partial charge < -0.3 is 0 Å². The van der Waals surface area contributed by atoms with E-state index in [1.54, 1.807) is 43.3 Å². The Morgan fingerprint density at radius 1 is 1.04 bits per heavy atom. The van der Waals surface area contributed by atoms with E-state index >= 15 is 0 Å². The van der Waals surface area contributed by atoms with Gasteiger partial charge >= 0.3 is 0 Å². The van der Waals surface area contributed by atoms with E-state index < -0.39 is 20.9 Å². The number of non-ortho nitro benzene ring substituents is 1. The standard InChI is InChI=1S/C18H14N2O5S/c1-12-9-10-14(20(22)23)11-16(12)18(21)19-26(24,25)17-8-4-6-13-5-2-3-7-15(13)17/h2-11H,1H3,(H,19,21). The fraction of sp³-hybridized carbons (Fsp3) is 0.0556. The number of hydrogen-bond acceptors (Lipinski definition) is 5. The molecule has 1 N–H and O–H groups in total. The Balaban J connectivity index is 2.01.